The molecule has 1 aromatic carbocycles. The normalized spacial score (nSPS) is 22.6. The Bertz CT molecular complexity index is 439. The van der Waals surface area contributed by atoms with Crippen LogP contribution in [0.2, 0.25) is 10.0 Å². The number of nitrogens with one attached hydrogen (secondary N) is 2. The molecule has 0 bridgehead atoms. The fourth-order valence-corrected chi connectivity index (χ4v) is 2.61. The van der Waals surface area contributed by atoms with Crippen LogP contribution in [-0.2, 0) is 0 Å². The Morgan fingerprint density at radius 1 is 1.22 bits per heavy atom. The molecule has 1 aliphatic rings. The zero-order valence-electron chi connectivity index (χ0n) is 10.5. The number of hydrogen-bond acceptors (Lipinski definition) is 3. The number of aliphatic imine (C=N–C) groups is 1. The van der Waals surface area contributed by atoms with E-state index in [-0.39, 0.29) is 0 Å². The topological polar surface area (TPSA) is 36.4 Å². The van der Waals surface area contributed by atoms with Crippen LogP contribution in [0.5, 0.6) is 0 Å². The Hall–Kier alpha value is -0.930. The molecule has 0 aromatic heterocycles. The molecule has 1 aromatic rings. The summed E-state index contributed by atoms with van der Waals surface area (Å²) in [5.41, 5.74) is 0.707. The van der Waals surface area contributed by atoms with Gasteiger partial charge in [-0.15, -0.1) is 0 Å². The molecule has 0 fully saturated rings. The molecule has 1 heterocycles. The zero-order valence-corrected chi connectivity index (χ0v) is 12.0. The standard InChI is InChI=1S/C13H17Cl2N3/c1-3-10-11(4-2)17-13(16-10)18-12-8(14)6-5-7-9(12)15/h5-7,10-11H,3-4H2,1-2H3,(H2,16,17,18)/t10-,11-/m1/s1. The minimum Gasteiger partial charge on any atom is -0.351 e. The minimum atomic E-state index is 0.318. The average Bonchev–Trinajstić information content (AvgIpc) is 2.76. The third kappa shape index (κ3) is 2.73. The number of anilines is 1. The lowest BCUT2D eigenvalue weighted by atomic mass is 10.1. The first-order chi connectivity index (χ1) is 8.65. The number of hydrogen-bond donors (Lipinski definition) is 2. The van der Waals surface area contributed by atoms with Gasteiger partial charge in [-0.05, 0) is 25.0 Å². The van der Waals surface area contributed by atoms with E-state index in [1.807, 2.05) is 6.07 Å². The van der Waals surface area contributed by atoms with Crippen molar-refractivity contribution in [1.29, 1.82) is 0 Å². The van der Waals surface area contributed by atoms with Crippen molar-refractivity contribution in [3.8, 4) is 0 Å². The zero-order chi connectivity index (χ0) is 13.1. The molecule has 3 nitrogen and oxygen atoms in total. The van der Waals surface area contributed by atoms with Crippen LogP contribution < -0.4 is 10.6 Å². The second-order valence-corrected chi connectivity index (χ2v) is 5.15. The van der Waals surface area contributed by atoms with E-state index in [2.05, 4.69) is 29.5 Å². The summed E-state index contributed by atoms with van der Waals surface area (Å²) in [5, 5.41) is 7.74. The highest BCUT2D eigenvalue weighted by molar-refractivity contribution is 6.39. The average molecular weight is 286 g/mol. The van der Waals surface area contributed by atoms with Gasteiger partial charge in [0.25, 0.3) is 0 Å². The van der Waals surface area contributed by atoms with Crippen LogP contribution >= 0.6 is 23.2 Å². The van der Waals surface area contributed by atoms with Gasteiger partial charge in [-0.25, -0.2) is 4.99 Å². The van der Waals surface area contributed by atoms with Gasteiger partial charge in [-0.1, -0.05) is 43.1 Å². The maximum absolute atomic E-state index is 6.12. The van der Waals surface area contributed by atoms with Crippen molar-refractivity contribution in [3.05, 3.63) is 28.2 Å². The molecule has 0 aliphatic carbocycles. The van der Waals surface area contributed by atoms with Crippen molar-refractivity contribution in [2.75, 3.05) is 5.32 Å². The van der Waals surface area contributed by atoms with Crippen LogP contribution in [0.25, 0.3) is 0 Å². The number of nitrogens with zero attached hydrogens (tertiary/aromatic N) is 1. The molecule has 98 valence electrons. The highest BCUT2D eigenvalue weighted by Crippen LogP contribution is 2.30. The molecule has 0 unspecified atom stereocenters. The maximum atomic E-state index is 6.12. The summed E-state index contributed by atoms with van der Waals surface area (Å²) in [6, 6.07) is 6.14. The predicted molar refractivity (Wildman–Crippen MR) is 78.8 cm³/mol. The SMILES string of the molecule is CC[C@H]1N=C(Nc2c(Cl)cccc2Cl)N[C@@H]1CC. The number of guanidine groups is 1. The van der Waals surface area contributed by atoms with Crippen LogP contribution in [0.15, 0.2) is 23.2 Å². The summed E-state index contributed by atoms with van der Waals surface area (Å²) in [4.78, 5) is 4.61. The molecule has 1 aliphatic heterocycles. The van der Waals surface area contributed by atoms with Gasteiger partial charge in [-0.2, -0.15) is 0 Å². The van der Waals surface area contributed by atoms with Gasteiger partial charge in [0.05, 0.1) is 27.8 Å². The van der Waals surface area contributed by atoms with E-state index in [1.54, 1.807) is 12.1 Å². The fourth-order valence-electron chi connectivity index (χ4n) is 2.12. The maximum Gasteiger partial charge on any atom is 0.196 e. The molecule has 18 heavy (non-hydrogen) atoms. The van der Waals surface area contributed by atoms with Crippen LogP contribution in [0.3, 0.4) is 0 Å². The largest absolute Gasteiger partial charge is 0.351 e. The van der Waals surface area contributed by atoms with Gasteiger partial charge in [0.1, 0.15) is 0 Å². The third-order valence-corrected chi connectivity index (χ3v) is 3.78. The van der Waals surface area contributed by atoms with Gasteiger partial charge in [0, 0.05) is 0 Å². The van der Waals surface area contributed by atoms with Crippen molar-refractivity contribution in [3.63, 3.8) is 0 Å². The van der Waals surface area contributed by atoms with E-state index in [0.29, 0.717) is 27.8 Å². The number of halogens is 2. The van der Waals surface area contributed by atoms with Crippen LogP contribution in [0.4, 0.5) is 5.69 Å². The quantitative estimate of drug-likeness (QED) is 0.883. The summed E-state index contributed by atoms with van der Waals surface area (Å²) in [6.45, 7) is 4.30. The van der Waals surface area contributed by atoms with Crippen LogP contribution in [0.1, 0.15) is 26.7 Å². The van der Waals surface area contributed by atoms with Crippen LogP contribution in [0, 0.1) is 0 Å². The Kier molecular flexibility index (Phi) is 4.36. The molecule has 0 amide bonds. The Labute approximate surface area is 118 Å². The molecule has 0 saturated carbocycles. The molecular weight excluding hydrogens is 269 g/mol. The monoisotopic (exact) mass is 285 g/mol. The van der Waals surface area contributed by atoms with Gasteiger partial charge < -0.3 is 10.6 Å². The smallest absolute Gasteiger partial charge is 0.196 e. The first-order valence-electron chi connectivity index (χ1n) is 6.21. The van der Waals surface area contributed by atoms with E-state index in [0.717, 1.165) is 18.8 Å². The first-order valence-corrected chi connectivity index (χ1v) is 6.96. The summed E-state index contributed by atoms with van der Waals surface area (Å²) in [7, 11) is 0. The van der Waals surface area contributed by atoms with Crippen molar-refractivity contribution < 1.29 is 0 Å². The van der Waals surface area contributed by atoms with E-state index >= 15 is 0 Å². The lowest BCUT2D eigenvalue weighted by Gasteiger charge is -2.15. The second-order valence-electron chi connectivity index (χ2n) is 4.33. The molecule has 0 spiro atoms. The van der Waals surface area contributed by atoms with Crippen molar-refractivity contribution in [2.45, 2.75) is 38.8 Å². The first kappa shape index (κ1) is 13.5. The van der Waals surface area contributed by atoms with E-state index in [9.17, 15) is 0 Å². The molecular formula is C13H17Cl2N3. The summed E-state index contributed by atoms with van der Waals surface area (Å²) >= 11 is 12.2. The molecule has 0 saturated heterocycles. The lowest BCUT2D eigenvalue weighted by molar-refractivity contribution is 0.499. The highest BCUT2D eigenvalue weighted by Gasteiger charge is 2.26. The summed E-state index contributed by atoms with van der Waals surface area (Å²) in [6.07, 6.45) is 2.07. The number of benzene rings is 1. The molecule has 0 radical (unpaired) electrons. The Morgan fingerprint density at radius 2 is 1.89 bits per heavy atom. The lowest BCUT2D eigenvalue weighted by Crippen LogP contribution is -2.36. The molecule has 2 atom stereocenters. The fraction of sp³-hybridized carbons (Fsp3) is 0.462. The highest BCUT2D eigenvalue weighted by atomic mass is 35.5. The van der Waals surface area contributed by atoms with Gasteiger partial charge in [0.2, 0.25) is 0 Å². The van der Waals surface area contributed by atoms with E-state index < -0.39 is 0 Å². The second kappa shape index (κ2) is 5.81. The van der Waals surface area contributed by atoms with Gasteiger partial charge >= 0.3 is 0 Å². The van der Waals surface area contributed by atoms with E-state index in [1.165, 1.54) is 0 Å². The predicted octanol–water partition coefficient (Wildman–Crippen LogP) is 3.92. The molecule has 2 N–H and O–H groups in total. The molecule has 2 rings (SSSR count). The molecule has 5 heteroatoms. The third-order valence-electron chi connectivity index (χ3n) is 3.15. The summed E-state index contributed by atoms with van der Waals surface area (Å²) in [5.74, 6) is 0.753. The number of rotatable bonds is 3. The summed E-state index contributed by atoms with van der Waals surface area (Å²) < 4.78 is 0. The Balaban J connectivity index is 2.16. The van der Waals surface area contributed by atoms with Crippen molar-refractivity contribution in [2.24, 2.45) is 4.99 Å². The number of para-hydroxylation sites is 1. The van der Waals surface area contributed by atoms with Crippen molar-refractivity contribution in [1.82, 2.24) is 5.32 Å². The van der Waals surface area contributed by atoms with Crippen LogP contribution in [-0.4, -0.2) is 18.0 Å². The van der Waals surface area contributed by atoms with E-state index in [4.69, 9.17) is 23.2 Å². The van der Waals surface area contributed by atoms with Crippen molar-refractivity contribution >= 4 is 34.8 Å². The van der Waals surface area contributed by atoms with Gasteiger partial charge in [-0.3, -0.25) is 0 Å². The minimum absolute atomic E-state index is 0.318. The Morgan fingerprint density at radius 3 is 2.39 bits per heavy atom. The van der Waals surface area contributed by atoms with Gasteiger partial charge in [0.15, 0.2) is 5.96 Å².